The summed E-state index contributed by atoms with van der Waals surface area (Å²) in [4.78, 5) is 10.8. The summed E-state index contributed by atoms with van der Waals surface area (Å²) in [5.41, 5.74) is 0. The molecular formula is C11H24O3. The molecule has 0 saturated carbocycles. The zero-order valence-electron chi connectivity index (χ0n) is 9.71. The summed E-state index contributed by atoms with van der Waals surface area (Å²) in [5.74, 6) is -0.0522. The van der Waals surface area contributed by atoms with Crippen LogP contribution in [-0.4, -0.2) is 24.3 Å². The Balaban J connectivity index is 0. The molecule has 0 bridgehead atoms. The first kappa shape index (κ1) is 15.9. The van der Waals surface area contributed by atoms with Gasteiger partial charge in [0, 0.05) is 13.0 Å². The van der Waals surface area contributed by atoms with Gasteiger partial charge in [0.05, 0.1) is 6.61 Å². The lowest BCUT2D eigenvalue weighted by atomic mass is 10.2. The Morgan fingerprint density at radius 2 is 1.71 bits per heavy atom. The van der Waals surface area contributed by atoms with E-state index in [4.69, 9.17) is 9.84 Å². The molecular weight excluding hydrogens is 180 g/mol. The Bertz CT molecular complexity index is 113. The number of ether oxygens (including phenoxy) is 1. The monoisotopic (exact) mass is 204 g/mol. The van der Waals surface area contributed by atoms with E-state index in [9.17, 15) is 4.79 Å². The molecule has 1 N–H and O–H groups in total. The lowest BCUT2D eigenvalue weighted by molar-refractivity contribution is -0.143. The number of aliphatic hydroxyl groups excluding tert-OH is 1. The predicted molar refractivity (Wildman–Crippen MR) is 58.2 cm³/mol. The maximum absolute atomic E-state index is 10.8. The average molecular weight is 204 g/mol. The minimum Gasteiger partial charge on any atom is -0.466 e. The first-order chi connectivity index (χ1) is 6.72. The fraction of sp³-hybridized carbons (Fsp3) is 0.909. The largest absolute Gasteiger partial charge is 0.466 e. The molecule has 0 saturated heterocycles. The zero-order valence-corrected chi connectivity index (χ0v) is 9.71. The third-order valence-corrected chi connectivity index (χ3v) is 1.54. The maximum Gasteiger partial charge on any atom is 0.305 e. The molecule has 0 aliphatic heterocycles. The summed E-state index contributed by atoms with van der Waals surface area (Å²) in [6.45, 7) is 6.43. The molecule has 0 radical (unpaired) electrons. The van der Waals surface area contributed by atoms with E-state index in [1.807, 2.05) is 6.92 Å². The van der Waals surface area contributed by atoms with E-state index in [0.29, 0.717) is 13.0 Å². The molecule has 0 spiro atoms. The van der Waals surface area contributed by atoms with Crippen LogP contribution >= 0.6 is 0 Å². The van der Waals surface area contributed by atoms with Crippen LogP contribution in [0.25, 0.3) is 0 Å². The van der Waals surface area contributed by atoms with Crippen molar-refractivity contribution < 1.29 is 14.6 Å². The normalized spacial score (nSPS) is 8.86. The van der Waals surface area contributed by atoms with Crippen LogP contribution in [-0.2, 0) is 9.53 Å². The van der Waals surface area contributed by atoms with Crippen molar-refractivity contribution in [3.05, 3.63) is 0 Å². The Hall–Kier alpha value is -0.570. The second-order valence-corrected chi connectivity index (χ2v) is 2.93. The highest BCUT2D eigenvalue weighted by atomic mass is 16.5. The molecule has 3 heteroatoms. The second-order valence-electron chi connectivity index (χ2n) is 2.93. The van der Waals surface area contributed by atoms with Gasteiger partial charge in [-0.15, -0.1) is 0 Å². The summed E-state index contributed by atoms with van der Waals surface area (Å²) in [6, 6.07) is 0. The van der Waals surface area contributed by atoms with Crippen molar-refractivity contribution in [3.8, 4) is 0 Å². The molecule has 0 atom stereocenters. The quantitative estimate of drug-likeness (QED) is 0.534. The lowest BCUT2D eigenvalue weighted by Gasteiger charge is -2.00. The van der Waals surface area contributed by atoms with Crippen LogP contribution in [0.5, 0.6) is 0 Å². The van der Waals surface area contributed by atoms with Gasteiger partial charge in [-0.05, 0) is 20.3 Å². The fourth-order valence-electron chi connectivity index (χ4n) is 0.929. The molecule has 3 nitrogen and oxygen atoms in total. The van der Waals surface area contributed by atoms with Crippen LogP contribution < -0.4 is 0 Å². The van der Waals surface area contributed by atoms with E-state index in [1.54, 1.807) is 6.92 Å². The van der Waals surface area contributed by atoms with Crippen molar-refractivity contribution in [2.24, 2.45) is 0 Å². The molecule has 14 heavy (non-hydrogen) atoms. The van der Waals surface area contributed by atoms with Crippen LogP contribution in [0, 0.1) is 0 Å². The third-order valence-electron chi connectivity index (χ3n) is 1.54. The molecule has 86 valence electrons. The number of aliphatic hydroxyl groups is 1. The molecule has 0 aliphatic carbocycles. The van der Waals surface area contributed by atoms with Gasteiger partial charge in [0.2, 0.25) is 0 Å². The highest BCUT2D eigenvalue weighted by Gasteiger charge is 1.99. The SMILES string of the molecule is CCCCCCC(=O)OCC.CCO. The highest BCUT2D eigenvalue weighted by molar-refractivity contribution is 5.69. The summed E-state index contributed by atoms with van der Waals surface area (Å²) in [5, 5.41) is 7.57. The van der Waals surface area contributed by atoms with Gasteiger partial charge in [0.15, 0.2) is 0 Å². The van der Waals surface area contributed by atoms with Gasteiger partial charge < -0.3 is 9.84 Å². The highest BCUT2D eigenvalue weighted by Crippen LogP contribution is 2.02. The van der Waals surface area contributed by atoms with Crippen LogP contribution in [0.3, 0.4) is 0 Å². The van der Waals surface area contributed by atoms with E-state index in [-0.39, 0.29) is 12.6 Å². The van der Waals surface area contributed by atoms with Crippen LogP contribution in [0.2, 0.25) is 0 Å². The van der Waals surface area contributed by atoms with Gasteiger partial charge >= 0.3 is 5.97 Å². The summed E-state index contributed by atoms with van der Waals surface area (Å²) in [7, 11) is 0. The van der Waals surface area contributed by atoms with Crippen LogP contribution in [0.1, 0.15) is 52.9 Å². The van der Waals surface area contributed by atoms with E-state index >= 15 is 0 Å². The molecule has 0 heterocycles. The molecule has 0 fully saturated rings. The predicted octanol–water partition coefficient (Wildman–Crippen LogP) is 2.52. The Morgan fingerprint density at radius 3 is 2.14 bits per heavy atom. The fourth-order valence-corrected chi connectivity index (χ4v) is 0.929. The van der Waals surface area contributed by atoms with Gasteiger partial charge in [0.25, 0.3) is 0 Å². The van der Waals surface area contributed by atoms with Crippen molar-refractivity contribution >= 4 is 5.97 Å². The van der Waals surface area contributed by atoms with Crippen molar-refractivity contribution in [1.82, 2.24) is 0 Å². The smallest absolute Gasteiger partial charge is 0.305 e. The Kier molecular flexibility index (Phi) is 16.9. The standard InChI is InChI=1S/C9H18O2.C2H6O/c1-3-5-6-7-8-9(10)11-4-2;1-2-3/h3-8H2,1-2H3;3H,2H2,1H3. The van der Waals surface area contributed by atoms with E-state index in [0.717, 1.165) is 12.8 Å². The molecule has 0 aromatic rings. The topological polar surface area (TPSA) is 46.5 Å². The van der Waals surface area contributed by atoms with Crippen molar-refractivity contribution in [2.45, 2.75) is 52.9 Å². The Labute approximate surface area is 87.5 Å². The molecule has 0 rings (SSSR count). The number of carbonyl (C=O) groups excluding carboxylic acids is 1. The van der Waals surface area contributed by atoms with Crippen molar-refractivity contribution in [1.29, 1.82) is 0 Å². The number of rotatable bonds is 6. The van der Waals surface area contributed by atoms with Gasteiger partial charge in [0.1, 0.15) is 0 Å². The molecule has 0 unspecified atom stereocenters. The van der Waals surface area contributed by atoms with Gasteiger partial charge in [-0.25, -0.2) is 0 Å². The van der Waals surface area contributed by atoms with Crippen molar-refractivity contribution in [3.63, 3.8) is 0 Å². The number of unbranched alkanes of at least 4 members (excludes halogenated alkanes) is 3. The third kappa shape index (κ3) is 17.5. The van der Waals surface area contributed by atoms with Gasteiger partial charge in [-0.2, -0.15) is 0 Å². The first-order valence-corrected chi connectivity index (χ1v) is 5.49. The first-order valence-electron chi connectivity index (χ1n) is 5.49. The molecule has 0 amide bonds. The minimum atomic E-state index is -0.0522. The number of hydrogen-bond donors (Lipinski definition) is 1. The van der Waals surface area contributed by atoms with Crippen molar-refractivity contribution in [2.75, 3.05) is 13.2 Å². The summed E-state index contributed by atoms with van der Waals surface area (Å²) in [6.07, 6.45) is 5.15. The molecule has 0 aliphatic rings. The van der Waals surface area contributed by atoms with E-state index in [1.165, 1.54) is 12.8 Å². The Morgan fingerprint density at radius 1 is 1.14 bits per heavy atom. The number of hydrogen-bond acceptors (Lipinski definition) is 3. The van der Waals surface area contributed by atoms with Crippen LogP contribution in [0.4, 0.5) is 0 Å². The molecule has 0 aromatic carbocycles. The number of carbonyl (C=O) groups is 1. The van der Waals surface area contributed by atoms with E-state index < -0.39 is 0 Å². The molecule has 0 aromatic heterocycles. The second kappa shape index (κ2) is 14.9. The maximum atomic E-state index is 10.8. The average Bonchev–Trinajstić information content (AvgIpc) is 2.14. The van der Waals surface area contributed by atoms with E-state index in [2.05, 4.69) is 6.92 Å². The lowest BCUT2D eigenvalue weighted by Crippen LogP contribution is -2.02. The van der Waals surface area contributed by atoms with Gasteiger partial charge in [-0.1, -0.05) is 26.2 Å². The minimum absolute atomic E-state index is 0.0522. The van der Waals surface area contributed by atoms with Crippen LogP contribution in [0.15, 0.2) is 0 Å². The zero-order chi connectivity index (χ0) is 11.2. The summed E-state index contributed by atoms with van der Waals surface area (Å²) < 4.78 is 4.78. The number of esters is 1. The van der Waals surface area contributed by atoms with Gasteiger partial charge in [-0.3, -0.25) is 4.79 Å². The summed E-state index contributed by atoms with van der Waals surface area (Å²) >= 11 is 0.